The third-order valence-electron chi connectivity index (χ3n) is 5.72. The molecule has 0 radical (unpaired) electrons. The quantitative estimate of drug-likeness (QED) is 0.339. The van der Waals surface area contributed by atoms with Crippen LogP contribution < -0.4 is 27.4 Å². The largest absolute Gasteiger partial charge is 0.383 e. The number of H-pyrrole nitrogens is 2. The fourth-order valence-corrected chi connectivity index (χ4v) is 3.80. The number of para-hydroxylation sites is 1. The molecular formula is C23H26N8O4. The van der Waals surface area contributed by atoms with E-state index in [9.17, 15) is 19.2 Å². The van der Waals surface area contributed by atoms with E-state index in [-0.39, 0.29) is 29.9 Å². The Morgan fingerprint density at radius 1 is 1.11 bits per heavy atom. The molecule has 4 rings (SSSR count). The molecule has 3 heterocycles. The highest BCUT2D eigenvalue weighted by Gasteiger charge is 2.21. The van der Waals surface area contributed by atoms with Gasteiger partial charge in [-0.25, -0.2) is 14.5 Å². The number of nitrogens with one attached hydrogen (secondary N) is 2. The average molecular weight is 479 g/mol. The van der Waals surface area contributed by atoms with E-state index in [0.717, 1.165) is 17.0 Å². The third kappa shape index (κ3) is 4.63. The number of anilines is 2. The summed E-state index contributed by atoms with van der Waals surface area (Å²) < 4.78 is 2.81. The summed E-state index contributed by atoms with van der Waals surface area (Å²) in [6.45, 7) is 2.29. The molecule has 0 atom stereocenters. The summed E-state index contributed by atoms with van der Waals surface area (Å²) in [7, 11) is 1.42. The van der Waals surface area contributed by atoms with Crippen LogP contribution in [0.15, 0.2) is 50.9 Å². The number of amides is 1. The topological polar surface area (TPSA) is 165 Å². The van der Waals surface area contributed by atoms with Crippen LogP contribution in [-0.2, 0) is 17.8 Å². The first-order valence-corrected chi connectivity index (χ1v) is 11.2. The molecule has 4 N–H and O–H groups in total. The molecule has 182 valence electrons. The SMILES string of the molecule is CCCCn1c(N)c(N(C)C(=O)CCc2nc3c(cnn3-c3ccccc3)c(=O)[nH]2)c(=O)[nH]c1=O. The minimum atomic E-state index is -0.740. The highest BCUT2D eigenvalue weighted by molar-refractivity contribution is 5.95. The zero-order valence-electron chi connectivity index (χ0n) is 19.4. The van der Waals surface area contributed by atoms with Gasteiger partial charge >= 0.3 is 5.69 Å². The second-order valence-corrected chi connectivity index (χ2v) is 8.09. The summed E-state index contributed by atoms with van der Waals surface area (Å²) in [6, 6.07) is 9.26. The maximum atomic E-state index is 12.9. The van der Waals surface area contributed by atoms with E-state index < -0.39 is 17.2 Å². The standard InChI is InChI=1S/C23H26N8O4/c1-3-4-12-30-19(24)18(22(34)28-23(30)35)29(2)17(32)11-10-16-26-20-15(21(33)27-16)13-25-31(20)14-8-6-5-7-9-14/h5-9,13H,3-4,10-12,24H2,1-2H3,(H,26,27,33)(H,28,34,35). The van der Waals surface area contributed by atoms with Crippen LogP contribution in [0.5, 0.6) is 0 Å². The van der Waals surface area contributed by atoms with Gasteiger partial charge in [0.2, 0.25) is 5.91 Å². The first-order valence-electron chi connectivity index (χ1n) is 11.2. The van der Waals surface area contributed by atoms with Gasteiger partial charge in [-0.15, -0.1) is 0 Å². The third-order valence-corrected chi connectivity index (χ3v) is 5.72. The number of benzene rings is 1. The lowest BCUT2D eigenvalue weighted by molar-refractivity contribution is -0.118. The highest BCUT2D eigenvalue weighted by Crippen LogP contribution is 2.17. The normalized spacial score (nSPS) is 11.1. The summed E-state index contributed by atoms with van der Waals surface area (Å²) in [5.41, 5.74) is 5.40. The molecular weight excluding hydrogens is 452 g/mol. The molecule has 0 fully saturated rings. The van der Waals surface area contributed by atoms with Crippen molar-refractivity contribution in [2.75, 3.05) is 17.7 Å². The van der Waals surface area contributed by atoms with Crippen LogP contribution in [0.3, 0.4) is 0 Å². The Morgan fingerprint density at radius 2 is 1.86 bits per heavy atom. The Bertz CT molecular complexity index is 1550. The van der Waals surface area contributed by atoms with E-state index in [4.69, 9.17) is 5.73 Å². The van der Waals surface area contributed by atoms with Crippen molar-refractivity contribution < 1.29 is 4.79 Å². The molecule has 0 aliphatic heterocycles. The van der Waals surface area contributed by atoms with E-state index in [1.165, 1.54) is 17.8 Å². The molecule has 3 aromatic heterocycles. The predicted octanol–water partition coefficient (Wildman–Crippen LogP) is 0.937. The Labute approximate surface area is 199 Å². The second kappa shape index (κ2) is 9.79. The highest BCUT2D eigenvalue weighted by atomic mass is 16.2. The molecule has 0 saturated heterocycles. The van der Waals surface area contributed by atoms with Gasteiger partial charge in [0.1, 0.15) is 17.0 Å². The summed E-state index contributed by atoms with van der Waals surface area (Å²) in [4.78, 5) is 60.6. The maximum absolute atomic E-state index is 12.9. The Hall–Kier alpha value is -4.48. The number of nitrogens with zero attached hydrogens (tertiary/aromatic N) is 5. The number of hydrogen-bond donors (Lipinski definition) is 3. The molecule has 4 aromatic rings. The van der Waals surface area contributed by atoms with Crippen molar-refractivity contribution in [2.45, 2.75) is 39.2 Å². The summed E-state index contributed by atoms with van der Waals surface area (Å²) in [5.74, 6) is -0.193. The van der Waals surface area contributed by atoms with Crippen LogP contribution >= 0.6 is 0 Å². The predicted molar refractivity (Wildman–Crippen MR) is 132 cm³/mol. The molecule has 0 saturated carbocycles. The monoisotopic (exact) mass is 478 g/mol. The number of unbranched alkanes of at least 4 members (excludes halogenated alkanes) is 1. The van der Waals surface area contributed by atoms with Crippen LogP contribution in [0.25, 0.3) is 16.7 Å². The average Bonchev–Trinajstić information content (AvgIpc) is 3.27. The van der Waals surface area contributed by atoms with Gasteiger partial charge < -0.3 is 15.6 Å². The molecule has 12 heteroatoms. The van der Waals surface area contributed by atoms with Gasteiger partial charge in [0.15, 0.2) is 11.3 Å². The van der Waals surface area contributed by atoms with Crippen LogP contribution in [0.4, 0.5) is 11.5 Å². The molecule has 1 amide bonds. The van der Waals surface area contributed by atoms with Crippen LogP contribution in [-0.4, -0.2) is 42.3 Å². The number of aromatic nitrogens is 6. The van der Waals surface area contributed by atoms with Crippen molar-refractivity contribution in [1.82, 2.24) is 29.3 Å². The number of aryl methyl sites for hydroxylation is 1. The van der Waals surface area contributed by atoms with Gasteiger partial charge in [0.05, 0.1) is 11.9 Å². The number of aromatic amines is 2. The molecule has 0 bridgehead atoms. The van der Waals surface area contributed by atoms with Gasteiger partial charge in [0.25, 0.3) is 11.1 Å². The van der Waals surface area contributed by atoms with Gasteiger partial charge in [-0.2, -0.15) is 5.10 Å². The lowest BCUT2D eigenvalue weighted by atomic mass is 10.2. The Morgan fingerprint density at radius 3 is 2.57 bits per heavy atom. The van der Waals surface area contributed by atoms with E-state index >= 15 is 0 Å². The van der Waals surface area contributed by atoms with Crippen molar-refractivity contribution in [3.63, 3.8) is 0 Å². The van der Waals surface area contributed by atoms with E-state index in [1.807, 2.05) is 37.3 Å². The summed E-state index contributed by atoms with van der Waals surface area (Å²) in [6.07, 6.45) is 3.01. The fraction of sp³-hybridized carbons (Fsp3) is 0.304. The number of rotatable bonds is 8. The number of fused-ring (bicyclic) bond motifs is 1. The molecule has 35 heavy (non-hydrogen) atoms. The number of hydrogen-bond acceptors (Lipinski definition) is 7. The fourth-order valence-electron chi connectivity index (χ4n) is 3.80. The van der Waals surface area contributed by atoms with Gasteiger partial charge in [-0.1, -0.05) is 31.5 Å². The van der Waals surface area contributed by atoms with E-state index in [2.05, 4.69) is 20.1 Å². The van der Waals surface area contributed by atoms with Crippen molar-refractivity contribution in [3.05, 3.63) is 73.5 Å². The number of nitrogen functional groups attached to an aromatic ring is 1. The molecule has 0 aliphatic carbocycles. The van der Waals surface area contributed by atoms with Crippen molar-refractivity contribution in [1.29, 1.82) is 0 Å². The minimum absolute atomic E-state index is 0.0581. The molecule has 0 aliphatic rings. The Kier molecular flexibility index (Phi) is 6.62. The zero-order chi connectivity index (χ0) is 25.1. The molecule has 1 aromatic carbocycles. The number of carbonyl (C=O) groups excluding carboxylic acids is 1. The van der Waals surface area contributed by atoms with Gasteiger partial charge in [-0.05, 0) is 18.6 Å². The van der Waals surface area contributed by atoms with Crippen molar-refractivity contribution in [2.24, 2.45) is 0 Å². The summed E-state index contributed by atoms with van der Waals surface area (Å²) >= 11 is 0. The van der Waals surface area contributed by atoms with E-state index in [1.54, 1.807) is 4.68 Å². The lowest BCUT2D eigenvalue weighted by Gasteiger charge is -2.20. The first-order chi connectivity index (χ1) is 16.8. The van der Waals surface area contributed by atoms with Crippen LogP contribution in [0.2, 0.25) is 0 Å². The number of carbonyl (C=O) groups is 1. The minimum Gasteiger partial charge on any atom is -0.383 e. The van der Waals surface area contributed by atoms with Crippen molar-refractivity contribution in [3.8, 4) is 5.69 Å². The first kappa shape index (κ1) is 23.7. The maximum Gasteiger partial charge on any atom is 0.330 e. The zero-order valence-corrected chi connectivity index (χ0v) is 19.4. The smallest absolute Gasteiger partial charge is 0.330 e. The molecule has 0 spiro atoms. The van der Waals surface area contributed by atoms with Crippen molar-refractivity contribution >= 4 is 28.4 Å². The van der Waals surface area contributed by atoms with Crippen LogP contribution in [0, 0.1) is 0 Å². The second-order valence-electron chi connectivity index (χ2n) is 8.09. The van der Waals surface area contributed by atoms with Crippen LogP contribution in [0.1, 0.15) is 32.0 Å². The molecule has 0 unspecified atom stereocenters. The van der Waals surface area contributed by atoms with Gasteiger partial charge in [0, 0.05) is 26.4 Å². The molecule has 12 nitrogen and oxygen atoms in total. The van der Waals surface area contributed by atoms with Gasteiger partial charge in [-0.3, -0.25) is 23.9 Å². The Balaban J connectivity index is 1.58. The summed E-state index contributed by atoms with van der Waals surface area (Å²) in [5, 5.41) is 4.59. The lowest BCUT2D eigenvalue weighted by Crippen LogP contribution is -2.39. The number of nitrogens with two attached hydrogens (primary N) is 1. The van der Waals surface area contributed by atoms with E-state index in [0.29, 0.717) is 29.8 Å².